The highest BCUT2D eigenvalue weighted by Gasteiger charge is 2.19. The second-order valence-corrected chi connectivity index (χ2v) is 13.6. The fraction of sp³-hybridized carbons (Fsp3) is 0. The molecule has 11 aromatic rings. The van der Waals surface area contributed by atoms with Crippen LogP contribution in [0.2, 0.25) is 0 Å². The maximum absolute atomic E-state index is 6.55. The molecule has 0 fully saturated rings. The molecule has 0 amide bonds. The van der Waals surface area contributed by atoms with E-state index < -0.39 is 0 Å². The number of nitrogens with zero attached hydrogens (tertiary/aromatic N) is 3. The molecule has 3 heterocycles. The van der Waals surface area contributed by atoms with Gasteiger partial charge in [0.2, 0.25) is 0 Å². The lowest BCUT2D eigenvalue weighted by atomic mass is 10.0. The van der Waals surface area contributed by atoms with Gasteiger partial charge in [0.05, 0.1) is 0 Å². The summed E-state index contributed by atoms with van der Waals surface area (Å²) in [5.41, 5.74) is 10.4. The number of fused-ring (bicyclic) bond motifs is 7. The monoisotopic (exact) mass is 691 g/mol. The molecule has 11 rings (SSSR count). The predicted molar refractivity (Wildman–Crippen MR) is 219 cm³/mol. The van der Waals surface area contributed by atoms with Gasteiger partial charge in [-0.25, -0.2) is 15.0 Å². The zero-order chi connectivity index (χ0) is 35.6. The molecule has 8 aromatic carbocycles. The molecule has 0 aliphatic rings. The van der Waals surface area contributed by atoms with Crippen molar-refractivity contribution in [3.05, 3.63) is 176 Å². The van der Waals surface area contributed by atoms with Crippen molar-refractivity contribution in [3.8, 4) is 56.4 Å². The Bertz CT molecular complexity index is 3210. The number of hydrogen-bond donors (Lipinski definition) is 0. The van der Waals surface area contributed by atoms with E-state index in [1.807, 2.05) is 36.4 Å². The predicted octanol–water partition coefficient (Wildman–Crippen LogP) is 13.2. The Morgan fingerprint density at radius 1 is 0.296 bits per heavy atom. The van der Waals surface area contributed by atoms with Gasteiger partial charge in [-0.3, -0.25) is 0 Å². The Hall–Kier alpha value is -7.37. The quantitative estimate of drug-likeness (QED) is 0.180. The number of para-hydroxylation sites is 1. The zero-order valence-electron chi connectivity index (χ0n) is 28.9. The summed E-state index contributed by atoms with van der Waals surface area (Å²) in [6.45, 7) is 0. The van der Waals surface area contributed by atoms with E-state index in [1.165, 1.54) is 5.39 Å². The average Bonchev–Trinajstić information content (AvgIpc) is 3.81. The normalized spacial score (nSPS) is 11.7. The first-order chi connectivity index (χ1) is 26.7. The van der Waals surface area contributed by atoms with E-state index in [2.05, 4.69) is 140 Å². The fourth-order valence-electron chi connectivity index (χ4n) is 7.62. The van der Waals surface area contributed by atoms with Gasteiger partial charge in [-0.1, -0.05) is 133 Å². The second kappa shape index (κ2) is 12.1. The summed E-state index contributed by atoms with van der Waals surface area (Å²) >= 11 is 0. The van der Waals surface area contributed by atoms with Gasteiger partial charge in [0.1, 0.15) is 22.3 Å². The molecule has 0 bridgehead atoms. The number of rotatable bonds is 5. The summed E-state index contributed by atoms with van der Waals surface area (Å²) < 4.78 is 12.8. The number of hydrogen-bond acceptors (Lipinski definition) is 5. The molecule has 0 atom stereocenters. The van der Waals surface area contributed by atoms with Crippen molar-refractivity contribution in [1.82, 2.24) is 15.0 Å². The second-order valence-electron chi connectivity index (χ2n) is 13.6. The summed E-state index contributed by atoms with van der Waals surface area (Å²) in [7, 11) is 0. The minimum absolute atomic E-state index is 0.586. The van der Waals surface area contributed by atoms with E-state index >= 15 is 0 Å². The molecule has 54 heavy (non-hydrogen) atoms. The van der Waals surface area contributed by atoms with Crippen LogP contribution in [0, 0.1) is 0 Å². The average molecular weight is 692 g/mol. The fourth-order valence-corrected chi connectivity index (χ4v) is 7.62. The van der Waals surface area contributed by atoms with E-state index in [1.54, 1.807) is 0 Å². The molecule has 0 unspecified atom stereocenters. The first-order valence-electron chi connectivity index (χ1n) is 18.0. The molecule has 3 aromatic heterocycles. The summed E-state index contributed by atoms with van der Waals surface area (Å²) in [6, 6.07) is 60.5. The molecule has 0 saturated carbocycles. The number of aromatic nitrogens is 3. The summed E-state index contributed by atoms with van der Waals surface area (Å²) in [6.07, 6.45) is 0. The SMILES string of the molecule is c1ccc(-c2ccc(-c3nc(-c4ccc5ccccc5c4)nc(-c4cccc5oc6cc(-c7ccc8c(c7)oc7ccccc78)ccc6c45)n3)cc2)cc1. The van der Waals surface area contributed by atoms with Crippen molar-refractivity contribution in [3.63, 3.8) is 0 Å². The first kappa shape index (κ1) is 30.3. The number of furan rings is 2. The van der Waals surface area contributed by atoms with Crippen LogP contribution in [0.5, 0.6) is 0 Å². The van der Waals surface area contributed by atoms with E-state index in [0.717, 1.165) is 88.2 Å². The molecule has 0 aliphatic carbocycles. The largest absolute Gasteiger partial charge is 0.456 e. The Morgan fingerprint density at radius 3 is 1.69 bits per heavy atom. The van der Waals surface area contributed by atoms with Gasteiger partial charge in [-0.05, 0) is 75.5 Å². The standard InChI is InChI=1S/C49H29N3O2/c1-2-9-30(10-3-1)32-17-20-33(21-18-32)47-50-48(37-22-19-31-11-4-5-12-34(31)27-37)52-49(51-47)41-14-8-16-43-46(41)40-26-24-36(29-45(40)54-43)35-23-25-39-38-13-6-7-15-42(38)53-44(39)28-35/h1-29H. The highest BCUT2D eigenvalue weighted by molar-refractivity contribution is 6.13. The molecule has 0 saturated heterocycles. The summed E-state index contributed by atoms with van der Waals surface area (Å²) in [5.74, 6) is 1.81. The van der Waals surface area contributed by atoms with Crippen molar-refractivity contribution in [1.29, 1.82) is 0 Å². The Kier molecular flexibility index (Phi) is 6.79. The Labute approximate surface area is 309 Å². The van der Waals surface area contributed by atoms with Crippen molar-refractivity contribution in [2.75, 3.05) is 0 Å². The van der Waals surface area contributed by atoms with Crippen LogP contribution in [0.4, 0.5) is 0 Å². The lowest BCUT2D eigenvalue weighted by Gasteiger charge is -2.10. The highest BCUT2D eigenvalue weighted by atomic mass is 16.3. The molecular weight excluding hydrogens is 663 g/mol. The van der Waals surface area contributed by atoms with Crippen LogP contribution >= 0.6 is 0 Å². The lowest BCUT2D eigenvalue weighted by Crippen LogP contribution is -2.00. The Morgan fingerprint density at radius 2 is 0.852 bits per heavy atom. The molecule has 0 radical (unpaired) electrons. The van der Waals surface area contributed by atoms with Gasteiger partial charge in [0.25, 0.3) is 0 Å². The van der Waals surface area contributed by atoms with Gasteiger partial charge < -0.3 is 8.83 Å². The highest BCUT2D eigenvalue weighted by Crippen LogP contribution is 2.39. The van der Waals surface area contributed by atoms with Crippen molar-refractivity contribution in [2.45, 2.75) is 0 Å². The van der Waals surface area contributed by atoms with Crippen LogP contribution < -0.4 is 0 Å². The van der Waals surface area contributed by atoms with Crippen LogP contribution in [0.1, 0.15) is 0 Å². The number of benzene rings is 8. The van der Waals surface area contributed by atoms with E-state index in [0.29, 0.717) is 17.5 Å². The van der Waals surface area contributed by atoms with Gasteiger partial charge >= 0.3 is 0 Å². The van der Waals surface area contributed by atoms with E-state index in [4.69, 9.17) is 23.8 Å². The van der Waals surface area contributed by atoms with Crippen molar-refractivity contribution in [2.24, 2.45) is 0 Å². The molecule has 5 heteroatoms. The first-order valence-corrected chi connectivity index (χ1v) is 18.0. The van der Waals surface area contributed by atoms with Gasteiger partial charge in [0.15, 0.2) is 17.5 Å². The third kappa shape index (κ3) is 5.06. The third-order valence-corrected chi connectivity index (χ3v) is 10.3. The minimum Gasteiger partial charge on any atom is -0.456 e. The zero-order valence-corrected chi connectivity index (χ0v) is 28.9. The molecular formula is C49H29N3O2. The van der Waals surface area contributed by atoms with Gasteiger partial charge in [-0.2, -0.15) is 0 Å². The van der Waals surface area contributed by atoms with Crippen LogP contribution in [-0.2, 0) is 0 Å². The van der Waals surface area contributed by atoms with Crippen LogP contribution in [-0.4, -0.2) is 15.0 Å². The molecule has 5 nitrogen and oxygen atoms in total. The van der Waals surface area contributed by atoms with Crippen molar-refractivity contribution >= 4 is 54.6 Å². The topological polar surface area (TPSA) is 65.0 Å². The van der Waals surface area contributed by atoms with Crippen molar-refractivity contribution < 1.29 is 8.83 Å². The molecule has 252 valence electrons. The summed E-state index contributed by atoms with van der Waals surface area (Å²) in [5, 5.41) is 6.48. The lowest BCUT2D eigenvalue weighted by molar-refractivity contribution is 0.668. The van der Waals surface area contributed by atoms with E-state index in [9.17, 15) is 0 Å². The summed E-state index contributed by atoms with van der Waals surface area (Å²) in [4.78, 5) is 15.3. The minimum atomic E-state index is 0.586. The maximum Gasteiger partial charge on any atom is 0.164 e. The molecule has 0 spiro atoms. The van der Waals surface area contributed by atoms with Gasteiger partial charge in [-0.15, -0.1) is 0 Å². The maximum atomic E-state index is 6.55. The van der Waals surface area contributed by atoms with Crippen LogP contribution in [0.15, 0.2) is 185 Å². The van der Waals surface area contributed by atoms with Crippen LogP contribution in [0.25, 0.3) is 111 Å². The van der Waals surface area contributed by atoms with Gasteiger partial charge in [0, 0.05) is 38.2 Å². The Balaban J connectivity index is 1.05. The molecule has 0 aliphatic heterocycles. The molecule has 0 N–H and O–H groups in total. The smallest absolute Gasteiger partial charge is 0.164 e. The third-order valence-electron chi connectivity index (χ3n) is 10.3. The van der Waals surface area contributed by atoms with E-state index in [-0.39, 0.29) is 0 Å². The van der Waals surface area contributed by atoms with Crippen LogP contribution in [0.3, 0.4) is 0 Å².